The number of unbranched alkanes of at least 4 members (excludes halogenated alkanes) is 13. The maximum atomic E-state index is 8.88. The van der Waals surface area contributed by atoms with E-state index in [-0.39, 0.29) is 12.4 Å². The molecule has 5 nitrogen and oxygen atoms in total. The summed E-state index contributed by atoms with van der Waals surface area (Å²) in [4.78, 5) is 21.6. The summed E-state index contributed by atoms with van der Waals surface area (Å²) < 4.78 is 10.0. The molecule has 0 aromatic rings. The summed E-state index contributed by atoms with van der Waals surface area (Å²) in [5, 5.41) is 0. The third kappa shape index (κ3) is 44.1. The molecule has 26 heavy (non-hydrogen) atoms. The molecule has 0 saturated heterocycles. The Balaban J connectivity index is -0.000000772. The van der Waals surface area contributed by atoms with Gasteiger partial charge >= 0.3 is 7.82 Å². The minimum Gasteiger partial charge on any atom is -1.00 e. The number of rotatable bonds is 15. The molecule has 0 bridgehead atoms. The number of halogens is 1. The van der Waals surface area contributed by atoms with E-state index in [1.165, 1.54) is 96.4 Å². The van der Waals surface area contributed by atoms with Gasteiger partial charge in [-0.25, -0.2) is 4.57 Å². The van der Waals surface area contributed by atoms with E-state index in [2.05, 4.69) is 28.1 Å². The molecule has 3 N–H and O–H groups in total. The SMILES string of the molecule is CCCCCCCCCCCCCCCC[N+](C)(C)C.O=P(O)(O)O.[Cl-]. The zero-order valence-corrected chi connectivity index (χ0v) is 19.3. The molecule has 0 unspecified atom stereocenters. The maximum Gasteiger partial charge on any atom is 0.466 e. The van der Waals surface area contributed by atoms with Crippen LogP contribution in [0.3, 0.4) is 0 Å². The molecule has 0 rings (SSSR count). The number of nitrogens with zero attached hydrogens (tertiary/aromatic N) is 1. The first-order chi connectivity index (χ1) is 11.6. The Morgan fingerprint density at radius 3 is 1.08 bits per heavy atom. The minimum absolute atomic E-state index is 0. The Labute approximate surface area is 168 Å². The van der Waals surface area contributed by atoms with Gasteiger partial charge in [-0.1, -0.05) is 84.0 Å². The highest BCUT2D eigenvalue weighted by Crippen LogP contribution is 2.25. The summed E-state index contributed by atoms with van der Waals surface area (Å²) >= 11 is 0. The average molecular weight is 418 g/mol. The lowest BCUT2D eigenvalue weighted by Gasteiger charge is -2.23. The molecule has 0 aromatic carbocycles. The molecule has 0 fully saturated rings. The van der Waals surface area contributed by atoms with Crippen LogP contribution in [0, 0.1) is 0 Å². The van der Waals surface area contributed by atoms with E-state index in [9.17, 15) is 0 Å². The van der Waals surface area contributed by atoms with Crippen molar-refractivity contribution >= 4 is 7.82 Å². The molecule has 0 atom stereocenters. The van der Waals surface area contributed by atoms with Crippen molar-refractivity contribution in [3.63, 3.8) is 0 Å². The molecule has 0 aliphatic heterocycles. The van der Waals surface area contributed by atoms with Crippen LogP contribution in [0.2, 0.25) is 0 Å². The van der Waals surface area contributed by atoms with E-state index in [4.69, 9.17) is 19.2 Å². The van der Waals surface area contributed by atoms with Gasteiger partial charge in [0.25, 0.3) is 0 Å². The first-order valence-electron chi connectivity index (χ1n) is 10.1. The van der Waals surface area contributed by atoms with Crippen molar-refractivity contribution in [3.8, 4) is 0 Å². The maximum absolute atomic E-state index is 8.88. The second-order valence-electron chi connectivity index (χ2n) is 8.12. The van der Waals surface area contributed by atoms with Crippen molar-refractivity contribution in [2.75, 3.05) is 27.7 Å². The molecular weight excluding hydrogens is 373 g/mol. The first-order valence-corrected chi connectivity index (χ1v) is 11.7. The smallest absolute Gasteiger partial charge is 0.466 e. The quantitative estimate of drug-likeness (QED) is 0.217. The fraction of sp³-hybridized carbons (Fsp3) is 1.00. The van der Waals surface area contributed by atoms with Crippen molar-refractivity contribution in [3.05, 3.63) is 0 Å². The Morgan fingerprint density at radius 2 is 0.846 bits per heavy atom. The largest absolute Gasteiger partial charge is 1.00 e. The Kier molecular flexibility index (Phi) is 24.0. The van der Waals surface area contributed by atoms with Gasteiger partial charge in [0.2, 0.25) is 0 Å². The van der Waals surface area contributed by atoms with Crippen LogP contribution >= 0.6 is 7.82 Å². The van der Waals surface area contributed by atoms with Gasteiger partial charge in [-0.3, -0.25) is 0 Å². The van der Waals surface area contributed by atoms with Crippen LogP contribution in [0.4, 0.5) is 0 Å². The van der Waals surface area contributed by atoms with E-state index in [1.54, 1.807) is 0 Å². The van der Waals surface area contributed by atoms with Crippen molar-refractivity contribution in [1.82, 2.24) is 0 Å². The molecule has 0 saturated carbocycles. The second kappa shape index (κ2) is 20.1. The Bertz CT molecular complexity index is 311. The van der Waals surface area contributed by atoms with Crippen LogP contribution in [0.15, 0.2) is 0 Å². The van der Waals surface area contributed by atoms with Gasteiger partial charge in [-0.15, -0.1) is 0 Å². The number of phosphoric acid groups is 1. The molecule has 0 heterocycles. The summed E-state index contributed by atoms with van der Waals surface area (Å²) in [6.45, 7) is 3.63. The topological polar surface area (TPSA) is 77.8 Å². The van der Waals surface area contributed by atoms with Gasteiger partial charge < -0.3 is 31.6 Å². The lowest BCUT2D eigenvalue weighted by Crippen LogP contribution is -3.00. The van der Waals surface area contributed by atoms with Gasteiger partial charge in [0.15, 0.2) is 0 Å². The average Bonchev–Trinajstić information content (AvgIpc) is 2.45. The zero-order chi connectivity index (χ0) is 19.6. The van der Waals surface area contributed by atoms with Gasteiger partial charge in [-0.05, 0) is 12.8 Å². The van der Waals surface area contributed by atoms with Crippen LogP contribution < -0.4 is 12.4 Å². The van der Waals surface area contributed by atoms with Gasteiger partial charge in [-0.2, -0.15) is 0 Å². The molecule has 0 aliphatic carbocycles. The van der Waals surface area contributed by atoms with E-state index >= 15 is 0 Å². The van der Waals surface area contributed by atoms with Crippen molar-refractivity contribution in [1.29, 1.82) is 0 Å². The molecule has 0 aliphatic rings. The molecule has 0 spiro atoms. The van der Waals surface area contributed by atoms with Crippen molar-refractivity contribution in [2.45, 2.75) is 96.8 Å². The summed E-state index contributed by atoms with van der Waals surface area (Å²) in [5.41, 5.74) is 0. The molecule has 7 heteroatoms. The summed E-state index contributed by atoms with van der Waals surface area (Å²) in [6, 6.07) is 0. The predicted molar refractivity (Wildman–Crippen MR) is 107 cm³/mol. The van der Waals surface area contributed by atoms with E-state index < -0.39 is 7.82 Å². The molecule has 0 aromatic heterocycles. The normalized spacial score (nSPS) is 11.5. The van der Waals surface area contributed by atoms with Crippen LogP contribution in [0.1, 0.15) is 96.8 Å². The molecule has 162 valence electrons. The van der Waals surface area contributed by atoms with Gasteiger partial charge in [0.05, 0.1) is 27.7 Å². The standard InChI is InChI=1S/C19H42N.ClH.H3O4P/c1-5-6-7-8-9-10-11-12-13-14-15-16-17-18-19-20(2,3)4;;1-5(2,3)4/h5-19H2,1-4H3;1H;(H3,1,2,3,4)/q+1;;/p-1. The van der Waals surface area contributed by atoms with Crippen LogP contribution in [0.25, 0.3) is 0 Å². The molecular formula is C19H45ClNO4P. The van der Waals surface area contributed by atoms with Crippen molar-refractivity contribution < 1.29 is 36.1 Å². The minimum atomic E-state index is -4.64. The zero-order valence-electron chi connectivity index (χ0n) is 17.6. The summed E-state index contributed by atoms with van der Waals surface area (Å²) in [6.07, 6.45) is 20.4. The summed E-state index contributed by atoms with van der Waals surface area (Å²) in [5.74, 6) is 0. The van der Waals surface area contributed by atoms with Crippen LogP contribution in [-0.2, 0) is 4.57 Å². The van der Waals surface area contributed by atoms with E-state index in [0.717, 1.165) is 4.48 Å². The Morgan fingerprint density at radius 1 is 0.615 bits per heavy atom. The number of quaternary nitrogens is 1. The second-order valence-corrected chi connectivity index (χ2v) is 9.15. The highest BCUT2D eigenvalue weighted by molar-refractivity contribution is 7.45. The third-order valence-corrected chi connectivity index (χ3v) is 4.18. The lowest BCUT2D eigenvalue weighted by molar-refractivity contribution is -0.870. The highest BCUT2D eigenvalue weighted by Gasteiger charge is 2.04. The Hall–Kier alpha value is 0.360. The number of hydrogen-bond donors (Lipinski definition) is 3. The van der Waals surface area contributed by atoms with E-state index in [0.29, 0.717) is 0 Å². The highest BCUT2D eigenvalue weighted by atomic mass is 35.5. The fourth-order valence-corrected chi connectivity index (χ4v) is 2.78. The fourth-order valence-electron chi connectivity index (χ4n) is 2.78. The molecule has 0 radical (unpaired) electrons. The van der Waals surface area contributed by atoms with E-state index in [1.807, 2.05) is 0 Å². The number of hydrogen-bond acceptors (Lipinski definition) is 1. The third-order valence-electron chi connectivity index (χ3n) is 4.18. The van der Waals surface area contributed by atoms with Gasteiger partial charge in [0, 0.05) is 0 Å². The van der Waals surface area contributed by atoms with Crippen molar-refractivity contribution in [2.24, 2.45) is 0 Å². The first kappa shape index (κ1) is 31.1. The van der Waals surface area contributed by atoms with Gasteiger partial charge in [0.1, 0.15) is 0 Å². The van der Waals surface area contributed by atoms with Crippen LogP contribution in [-0.4, -0.2) is 46.9 Å². The molecule has 0 amide bonds. The predicted octanol–water partition coefficient (Wildman–Crippen LogP) is 2.25. The lowest BCUT2D eigenvalue weighted by atomic mass is 10.0. The van der Waals surface area contributed by atoms with Crippen LogP contribution in [0.5, 0.6) is 0 Å². The summed E-state index contributed by atoms with van der Waals surface area (Å²) in [7, 11) is 2.24. The monoisotopic (exact) mass is 417 g/mol.